The van der Waals surface area contributed by atoms with Gasteiger partial charge in [0.25, 0.3) is 0 Å². The summed E-state index contributed by atoms with van der Waals surface area (Å²) in [5.41, 5.74) is 1.05. The fourth-order valence-corrected chi connectivity index (χ4v) is 1.97. The van der Waals surface area contributed by atoms with E-state index in [0.717, 1.165) is 5.56 Å². The maximum absolute atomic E-state index is 11.7. The minimum absolute atomic E-state index is 0.121. The molecular formula is C15H21ClN2O3. The molecule has 0 aliphatic heterocycles. The highest BCUT2D eigenvalue weighted by molar-refractivity contribution is 6.30. The van der Waals surface area contributed by atoms with Gasteiger partial charge in [-0.05, 0) is 30.0 Å². The monoisotopic (exact) mass is 312 g/mol. The molecule has 0 aliphatic rings. The van der Waals surface area contributed by atoms with Crippen LogP contribution in [0.3, 0.4) is 0 Å². The molecule has 1 aromatic rings. The maximum Gasteiger partial charge on any atom is 0.326 e. The number of carbonyl (C=O) groups is 2. The van der Waals surface area contributed by atoms with E-state index in [0.29, 0.717) is 24.4 Å². The summed E-state index contributed by atoms with van der Waals surface area (Å²) in [6, 6.07) is 6.03. The Hall–Kier alpha value is -1.75. The van der Waals surface area contributed by atoms with E-state index < -0.39 is 18.0 Å². The first kappa shape index (κ1) is 17.3. The van der Waals surface area contributed by atoms with E-state index in [-0.39, 0.29) is 5.92 Å². The molecule has 0 aromatic heterocycles. The number of carbonyl (C=O) groups excluding carboxylic acids is 1. The first-order valence-electron chi connectivity index (χ1n) is 6.95. The maximum atomic E-state index is 11.7. The van der Waals surface area contributed by atoms with Gasteiger partial charge in [0.05, 0.1) is 0 Å². The molecule has 0 unspecified atom stereocenters. The van der Waals surface area contributed by atoms with Crippen molar-refractivity contribution < 1.29 is 14.7 Å². The van der Waals surface area contributed by atoms with Gasteiger partial charge in [-0.25, -0.2) is 9.59 Å². The summed E-state index contributed by atoms with van der Waals surface area (Å²) in [5, 5.41) is 14.9. The highest BCUT2D eigenvalue weighted by Gasteiger charge is 2.24. The van der Waals surface area contributed by atoms with Gasteiger partial charge in [0.2, 0.25) is 0 Å². The van der Waals surface area contributed by atoms with Gasteiger partial charge in [0.1, 0.15) is 6.04 Å². The topological polar surface area (TPSA) is 78.4 Å². The molecule has 6 heteroatoms. The predicted molar refractivity (Wildman–Crippen MR) is 82.6 cm³/mol. The average molecular weight is 313 g/mol. The molecular weight excluding hydrogens is 292 g/mol. The molecule has 1 rings (SSSR count). The van der Waals surface area contributed by atoms with Crippen LogP contribution in [0.4, 0.5) is 4.79 Å². The Morgan fingerprint density at radius 1 is 1.29 bits per heavy atom. The zero-order valence-corrected chi connectivity index (χ0v) is 13.0. The van der Waals surface area contributed by atoms with E-state index >= 15 is 0 Å². The van der Waals surface area contributed by atoms with Crippen molar-refractivity contribution in [2.45, 2.75) is 32.7 Å². The molecule has 5 nitrogen and oxygen atoms in total. The molecule has 1 aromatic carbocycles. The molecule has 2 atom stereocenters. The van der Waals surface area contributed by atoms with Gasteiger partial charge in [-0.3, -0.25) is 0 Å². The second kappa shape index (κ2) is 8.52. The Morgan fingerprint density at radius 2 is 1.90 bits per heavy atom. The van der Waals surface area contributed by atoms with Crippen molar-refractivity contribution in [1.82, 2.24) is 10.6 Å². The number of halogens is 1. The van der Waals surface area contributed by atoms with Gasteiger partial charge in [-0.15, -0.1) is 0 Å². The van der Waals surface area contributed by atoms with Crippen LogP contribution in [0.15, 0.2) is 24.3 Å². The molecule has 0 saturated heterocycles. The molecule has 0 bridgehead atoms. The van der Waals surface area contributed by atoms with Crippen molar-refractivity contribution in [3.8, 4) is 0 Å². The van der Waals surface area contributed by atoms with Crippen molar-refractivity contribution in [3.63, 3.8) is 0 Å². The number of amides is 2. The summed E-state index contributed by atoms with van der Waals surface area (Å²) in [7, 11) is 0. The Balaban J connectivity index is 2.39. The number of aliphatic carboxylic acids is 1. The molecule has 21 heavy (non-hydrogen) atoms. The molecule has 116 valence electrons. The largest absolute Gasteiger partial charge is 0.480 e. The highest BCUT2D eigenvalue weighted by atomic mass is 35.5. The zero-order chi connectivity index (χ0) is 15.8. The number of rotatable bonds is 7. The van der Waals surface area contributed by atoms with Crippen molar-refractivity contribution in [3.05, 3.63) is 34.9 Å². The lowest BCUT2D eigenvalue weighted by Crippen LogP contribution is -2.49. The fraction of sp³-hybridized carbons (Fsp3) is 0.467. The van der Waals surface area contributed by atoms with Crippen LogP contribution in [0.5, 0.6) is 0 Å². The zero-order valence-electron chi connectivity index (χ0n) is 12.2. The highest BCUT2D eigenvalue weighted by Crippen LogP contribution is 2.10. The number of hydrogen-bond acceptors (Lipinski definition) is 2. The lowest BCUT2D eigenvalue weighted by Gasteiger charge is -2.20. The van der Waals surface area contributed by atoms with Gasteiger partial charge in [-0.2, -0.15) is 0 Å². The molecule has 0 spiro atoms. The molecule has 0 fully saturated rings. The number of nitrogens with one attached hydrogen (secondary N) is 2. The van der Waals surface area contributed by atoms with Crippen LogP contribution in [0.25, 0.3) is 0 Å². The Morgan fingerprint density at radius 3 is 2.43 bits per heavy atom. The number of carboxylic acid groups (broad SMARTS) is 1. The number of benzene rings is 1. The summed E-state index contributed by atoms with van der Waals surface area (Å²) in [4.78, 5) is 22.8. The van der Waals surface area contributed by atoms with Crippen LogP contribution in [0, 0.1) is 5.92 Å². The average Bonchev–Trinajstić information content (AvgIpc) is 2.45. The molecule has 0 radical (unpaired) electrons. The third kappa shape index (κ3) is 6.04. The normalized spacial score (nSPS) is 13.3. The van der Waals surface area contributed by atoms with Crippen LogP contribution in [-0.2, 0) is 11.2 Å². The quantitative estimate of drug-likeness (QED) is 0.724. The Kier molecular flexibility index (Phi) is 7.02. The smallest absolute Gasteiger partial charge is 0.326 e. The summed E-state index contributed by atoms with van der Waals surface area (Å²) >= 11 is 5.79. The van der Waals surface area contributed by atoms with Crippen LogP contribution in [0.2, 0.25) is 5.02 Å². The first-order chi connectivity index (χ1) is 9.93. The standard InChI is InChI=1S/C15H21ClN2O3/c1-3-10(2)13(14(19)20)18-15(21)17-9-8-11-4-6-12(16)7-5-11/h4-7,10,13H,3,8-9H2,1-2H3,(H,19,20)(H2,17,18,21)/t10-,13-/m0/s1. The fourth-order valence-electron chi connectivity index (χ4n) is 1.85. The second-order valence-corrected chi connectivity index (χ2v) is 5.41. The van der Waals surface area contributed by atoms with Gasteiger partial charge in [0, 0.05) is 11.6 Å². The van der Waals surface area contributed by atoms with E-state index in [1.165, 1.54) is 0 Å². The van der Waals surface area contributed by atoms with E-state index in [1.807, 2.05) is 19.1 Å². The third-order valence-electron chi connectivity index (χ3n) is 3.38. The minimum atomic E-state index is -1.02. The van der Waals surface area contributed by atoms with Crippen molar-refractivity contribution >= 4 is 23.6 Å². The van der Waals surface area contributed by atoms with Crippen molar-refractivity contribution in [2.75, 3.05) is 6.54 Å². The van der Waals surface area contributed by atoms with Gasteiger partial charge >= 0.3 is 12.0 Å². The van der Waals surface area contributed by atoms with Gasteiger partial charge in [-0.1, -0.05) is 44.0 Å². The van der Waals surface area contributed by atoms with Crippen LogP contribution < -0.4 is 10.6 Å². The van der Waals surface area contributed by atoms with Crippen molar-refractivity contribution in [1.29, 1.82) is 0 Å². The Bertz CT molecular complexity index is 476. The molecule has 0 heterocycles. The van der Waals surface area contributed by atoms with E-state index in [1.54, 1.807) is 19.1 Å². The van der Waals surface area contributed by atoms with Crippen molar-refractivity contribution in [2.24, 2.45) is 5.92 Å². The predicted octanol–water partition coefficient (Wildman–Crippen LogP) is 2.68. The van der Waals surface area contributed by atoms with Crippen LogP contribution in [-0.4, -0.2) is 29.7 Å². The van der Waals surface area contributed by atoms with Gasteiger partial charge in [0.15, 0.2) is 0 Å². The lowest BCUT2D eigenvalue weighted by atomic mass is 9.99. The van der Waals surface area contributed by atoms with Crippen LogP contribution >= 0.6 is 11.6 Å². The third-order valence-corrected chi connectivity index (χ3v) is 3.63. The Labute approximate surface area is 129 Å². The summed E-state index contributed by atoms with van der Waals surface area (Å²) in [6.07, 6.45) is 1.34. The molecule has 0 aliphatic carbocycles. The summed E-state index contributed by atoms with van der Waals surface area (Å²) in [5.74, 6) is -1.14. The van der Waals surface area contributed by atoms with Crippen LogP contribution in [0.1, 0.15) is 25.8 Å². The SMILES string of the molecule is CC[C@H](C)[C@H](NC(=O)NCCc1ccc(Cl)cc1)C(=O)O. The van der Waals surface area contributed by atoms with E-state index in [4.69, 9.17) is 16.7 Å². The molecule has 0 saturated carbocycles. The number of urea groups is 1. The summed E-state index contributed by atoms with van der Waals surface area (Å²) < 4.78 is 0. The molecule has 2 amide bonds. The number of hydrogen-bond donors (Lipinski definition) is 3. The van der Waals surface area contributed by atoms with Gasteiger partial charge < -0.3 is 15.7 Å². The van der Waals surface area contributed by atoms with E-state index in [9.17, 15) is 9.59 Å². The lowest BCUT2D eigenvalue weighted by molar-refractivity contribution is -0.140. The minimum Gasteiger partial charge on any atom is -0.480 e. The summed E-state index contributed by atoms with van der Waals surface area (Å²) in [6.45, 7) is 4.12. The van der Waals surface area contributed by atoms with E-state index in [2.05, 4.69) is 10.6 Å². The number of carboxylic acids is 1. The first-order valence-corrected chi connectivity index (χ1v) is 7.33. The second-order valence-electron chi connectivity index (χ2n) is 4.98. The molecule has 3 N–H and O–H groups in total.